The number of nitrogens with one attached hydrogen (secondary N) is 2. The van der Waals surface area contributed by atoms with Crippen molar-refractivity contribution >= 4 is 11.8 Å². The summed E-state index contributed by atoms with van der Waals surface area (Å²) in [6.07, 6.45) is -5.67. The number of likely N-dealkylation sites (tertiary alicyclic amines) is 1. The Morgan fingerprint density at radius 2 is 1.55 bits per heavy atom. The lowest BCUT2D eigenvalue weighted by molar-refractivity contribution is -0.143. The number of alkyl halides is 6. The van der Waals surface area contributed by atoms with Crippen LogP contribution in [-0.2, 0) is 17.1 Å². The Kier molecular flexibility index (Phi) is 9.57. The molecule has 1 aromatic rings. The zero-order chi connectivity index (χ0) is 24.6. The molecular weight excluding hydrogens is 452 g/mol. The van der Waals surface area contributed by atoms with Crippen LogP contribution in [0.15, 0.2) is 18.2 Å². The minimum Gasteiger partial charge on any atom is -0.352 e. The minimum atomic E-state index is -5.01. The number of benzene rings is 1. The highest BCUT2D eigenvalue weighted by atomic mass is 19.4. The first-order valence-corrected chi connectivity index (χ1v) is 11.0. The Labute approximate surface area is 188 Å². The third-order valence-electron chi connectivity index (χ3n) is 5.60. The Hall–Kier alpha value is -2.30. The van der Waals surface area contributed by atoms with Crippen molar-refractivity contribution < 1.29 is 35.9 Å². The van der Waals surface area contributed by atoms with Crippen LogP contribution in [-0.4, -0.2) is 49.4 Å². The van der Waals surface area contributed by atoms with Gasteiger partial charge in [0, 0.05) is 25.2 Å². The number of halogens is 6. The molecule has 5 nitrogen and oxygen atoms in total. The number of carbonyl (C=O) groups is 2. The van der Waals surface area contributed by atoms with Crippen molar-refractivity contribution in [2.75, 3.05) is 32.7 Å². The fraction of sp³-hybridized carbons (Fsp3) is 0.636. The van der Waals surface area contributed by atoms with Crippen LogP contribution in [0.25, 0.3) is 0 Å². The molecule has 2 rings (SSSR count). The first-order valence-electron chi connectivity index (χ1n) is 11.0. The molecule has 0 atom stereocenters. The Balaban J connectivity index is 1.86. The SMILES string of the molecule is CCCCCNCC(=O)N1CCC(CNC(=O)c2cc(C(F)(F)F)cc(C(F)(F)F)c2)CC1. The maximum absolute atomic E-state index is 13.0. The van der Waals surface area contributed by atoms with E-state index < -0.39 is 35.0 Å². The van der Waals surface area contributed by atoms with Gasteiger partial charge in [-0.1, -0.05) is 19.8 Å². The largest absolute Gasteiger partial charge is 0.416 e. The molecule has 0 bridgehead atoms. The predicted molar refractivity (Wildman–Crippen MR) is 110 cm³/mol. The molecule has 11 heteroatoms. The molecule has 1 heterocycles. The standard InChI is InChI=1S/C22H29F6N3O2/c1-2-3-4-7-29-14-19(32)31-8-5-15(6-9-31)13-30-20(33)16-10-17(21(23,24)25)12-18(11-16)22(26,27)28/h10-12,15,29H,2-9,13-14H2,1H3,(H,30,33). The topological polar surface area (TPSA) is 61.4 Å². The molecule has 1 aliphatic heterocycles. The summed E-state index contributed by atoms with van der Waals surface area (Å²) in [5.41, 5.74) is -3.76. The van der Waals surface area contributed by atoms with Gasteiger partial charge in [0.1, 0.15) is 0 Å². The lowest BCUT2D eigenvalue weighted by Crippen LogP contribution is -2.44. The van der Waals surface area contributed by atoms with Crippen molar-refractivity contribution in [3.8, 4) is 0 Å². The number of amides is 2. The second-order valence-corrected chi connectivity index (χ2v) is 8.21. The van der Waals surface area contributed by atoms with Gasteiger partial charge in [0.05, 0.1) is 17.7 Å². The summed E-state index contributed by atoms with van der Waals surface area (Å²) in [7, 11) is 0. The number of piperidine rings is 1. The van der Waals surface area contributed by atoms with Crippen molar-refractivity contribution in [3.63, 3.8) is 0 Å². The number of carbonyl (C=O) groups excluding carboxylic acids is 2. The lowest BCUT2D eigenvalue weighted by atomic mass is 9.96. The van der Waals surface area contributed by atoms with Crippen LogP contribution >= 0.6 is 0 Å². The number of nitrogens with zero attached hydrogens (tertiary/aromatic N) is 1. The third kappa shape index (κ3) is 8.53. The molecule has 1 aliphatic rings. The minimum absolute atomic E-state index is 0.0117. The summed E-state index contributed by atoms with van der Waals surface area (Å²) in [6, 6.07) is 0.820. The van der Waals surface area contributed by atoms with Crippen molar-refractivity contribution in [1.29, 1.82) is 0 Å². The summed E-state index contributed by atoms with van der Waals surface area (Å²) in [6.45, 7) is 4.19. The van der Waals surface area contributed by atoms with E-state index in [4.69, 9.17) is 0 Å². The number of hydrogen-bond donors (Lipinski definition) is 2. The van der Waals surface area contributed by atoms with E-state index in [2.05, 4.69) is 17.6 Å². The number of hydrogen-bond acceptors (Lipinski definition) is 3. The molecule has 0 saturated carbocycles. The van der Waals surface area contributed by atoms with Crippen LogP contribution in [0, 0.1) is 5.92 Å². The van der Waals surface area contributed by atoms with Gasteiger partial charge in [0.15, 0.2) is 0 Å². The Bertz CT molecular complexity index is 770. The molecule has 33 heavy (non-hydrogen) atoms. The van der Waals surface area contributed by atoms with Crippen LogP contribution in [0.2, 0.25) is 0 Å². The first kappa shape index (κ1) is 26.9. The van der Waals surface area contributed by atoms with Crippen molar-refractivity contribution in [1.82, 2.24) is 15.5 Å². The molecule has 0 unspecified atom stereocenters. The molecule has 0 radical (unpaired) electrons. The molecule has 0 spiro atoms. The molecule has 2 amide bonds. The van der Waals surface area contributed by atoms with Gasteiger partial charge in [-0.25, -0.2) is 0 Å². The van der Waals surface area contributed by atoms with E-state index in [1.165, 1.54) is 0 Å². The van der Waals surface area contributed by atoms with E-state index in [0.717, 1.165) is 25.8 Å². The highest BCUT2D eigenvalue weighted by molar-refractivity contribution is 5.94. The number of rotatable bonds is 9. The van der Waals surface area contributed by atoms with Crippen molar-refractivity contribution in [3.05, 3.63) is 34.9 Å². The van der Waals surface area contributed by atoms with Crippen LogP contribution in [0.3, 0.4) is 0 Å². The zero-order valence-electron chi connectivity index (χ0n) is 18.4. The van der Waals surface area contributed by atoms with E-state index >= 15 is 0 Å². The van der Waals surface area contributed by atoms with Gasteiger partial charge in [-0.05, 0) is 49.9 Å². The van der Waals surface area contributed by atoms with Gasteiger partial charge < -0.3 is 15.5 Å². The smallest absolute Gasteiger partial charge is 0.352 e. The van der Waals surface area contributed by atoms with E-state index in [1.54, 1.807) is 4.90 Å². The van der Waals surface area contributed by atoms with Crippen molar-refractivity contribution in [2.45, 2.75) is 51.4 Å². The van der Waals surface area contributed by atoms with Gasteiger partial charge in [0.25, 0.3) is 5.91 Å². The predicted octanol–water partition coefficient (Wildman–Crippen LogP) is 4.47. The van der Waals surface area contributed by atoms with Gasteiger partial charge in [-0.15, -0.1) is 0 Å². The van der Waals surface area contributed by atoms with Crippen molar-refractivity contribution in [2.24, 2.45) is 5.92 Å². The number of unbranched alkanes of at least 4 members (excludes halogenated alkanes) is 2. The molecule has 1 saturated heterocycles. The second-order valence-electron chi connectivity index (χ2n) is 8.21. The highest BCUT2D eigenvalue weighted by Gasteiger charge is 2.37. The lowest BCUT2D eigenvalue weighted by Gasteiger charge is -2.32. The fourth-order valence-electron chi connectivity index (χ4n) is 3.62. The van der Waals surface area contributed by atoms with E-state index in [1.807, 2.05) is 0 Å². The van der Waals surface area contributed by atoms with Crippen LogP contribution in [0.4, 0.5) is 26.3 Å². The van der Waals surface area contributed by atoms with E-state index in [9.17, 15) is 35.9 Å². The van der Waals surface area contributed by atoms with Gasteiger partial charge in [-0.3, -0.25) is 9.59 Å². The highest BCUT2D eigenvalue weighted by Crippen LogP contribution is 2.36. The summed E-state index contributed by atoms with van der Waals surface area (Å²) in [5.74, 6) is -1.04. The van der Waals surface area contributed by atoms with E-state index in [0.29, 0.717) is 38.1 Å². The van der Waals surface area contributed by atoms with Gasteiger partial charge >= 0.3 is 12.4 Å². The molecule has 1 fully saturated rings. The monoisotopic (exact) mass is 481 g/mol. The second kappa shape index (κ2) is 11.7. The van der Waals surface area contributed by atoms with Crippen LogP contribution in [0.1, 0.15) is 60.5 Å². The average molecular weight is 481 g/mol. The molecular formula is C22H29F6N3O2. The maximum atomic E-state index is 13.0. The Morgan fingerprint density at radius 1 is 0.970 bits per heavy atom. The average Bonchev–Trinajstić information content (AvgIpc) is 2.76. The third-order valence-corrected chi connectivity index (χ3v) is 5.60. The summed E-state index contributed by atoms with van der Waals surface area (Å²) >= 11 is 0. The van der Waals surface area contributed by atoms with Gasteiger partial charge in [0.2, 0.25) is 5.91 Å². The molecule has 1 aromatic carbocycles. The summed E-state index contributed by atoms with van der Waals surface area (Å²) in [5, 5.41) is 5.54. The summed E-state index contributed by atoms with van der Waals surface area (Å²) in [4.78, 5) is 26.2. The fourth-order valence-corrected chi connectivity index (χ4v) is 3.62. The van der Waals surface area contributed by atoms with Crippen LogP contribution < -0.4 is 10.6 Å². The van der Waals surface area contributed by atoms with Crippen LogP contribution in [0.5, 0.6) is 0 Å². The summed E-state index contributed by atoms with van der Waals surface area (Å²) < 4.78 is 77.8. The normalized spacial score (nSPS) is 15.5. The quantitative estimate of drug-likeness (QED) is 0.404. The van der Waals surface area contributed by atoms with E-state index in [-0.39, 0.29) is 31.0 Å². The molecule has 0 aliphatic carbocycles. The molecule has 2 N–H and O–H groups in total. The Morgan fingerprint density at radius 3 is 2.06 bits per heavy atom. The first-order chi connectivity index (χ1) is 15.4. The maximum Gasteiger partial charge on any atom is 0.416 e. The molecule has 0 aromatic heterocycles. The zero-order valence-corrected chi connectivity index (χ0v) is 18.4. The van der Waals surface area contributed by atoms with Gasteiger partial charge in [-0.2, -0.15) is 26.3 Å². The molecule has 186 valence electrons.